The Morgan fingerprint density at radius 3 is 2.60 bits per heavy atom. The largest absolute Gasteiger partial charge is 0.503 e. The van der Waals surface area contributed by atoms with Crippen LogP contribution in [0.2, 0.25) is 0 Å². The normalized spacial score (nSPS) is 25.5. The maximum Gasteiger partial charge on any atom is 0.274 e. The van der Waals surface area contributed by atoms with E-state index in [1.54, 1.807) is 4.90 Å². The Balaban J connectivity index is 1.37. The second-order valence-corrected chi connectivity index (χ2v) is 10.9. The van der Waals surface area contributed by atoms with Crippen molar-refractivity contribution in [1.29, 1.82) is 0 Å². The summed E-state index contributed by atoms with van der Waals surface area (Å²) in [6.45, 7) is 3.17. The van der Waals surface area contributed by atoms with Crippen molar-refractivity contribution in [2.45, 2.75) is 63.3 Å². The Labute approximate surface area is 227 Å². The molecule has 1 aromatic carbocycles. The zero-order valence-corrected chi connectivity index (χ0v) is 21.8. The van der Waals surface area contributed by atoms with E-state index < -0.39 is 69.8 Å². The van der Waals surface area contributed by atoms with E-state index in [9.17, 15) is 32.7 Å². The number of carbonyl (C=O) groups is 2. The number of hydrogen-bond donors (Lipinski definition) is 2. The number of hydrogen-bond acceptors (Lipinski definition) is 7. The smallest absolute Gasteiger partial charge is 0.274 e. The number of aromatic nitrogens is 1. The van der Waals surface area contributed by atoms with Crippen LogP contribution in [0, 0.1) is 17.5 Å². The van der Waals surface area contributed by atoms with Gasteiger partial charge in [-0.05, 0) is 32.6 Å². The van der Waals surface area contributed by atoms with Crippen LogP contribution < -0.4 is 10.7 Å². The lowest BCUT2D eigenvalue weighted by Crippen LogP contribution is -2.52. The molecule has 1 aromatic heterocycles. The van der Waals surface area contributed by atoms with E-state index in [0.29, 0.717) is 31.4 Å². The summed E-state index contributed by atoms with van der Waals surface area (Å²) in [6, 6.07) is 0.182. The number of halogens is 3. The van der Waals surface area contributed by atoms with Gasteiger partial charge in [-0.25, -0.2) is 13.2 Å². The molecule has 0 radical (unpaired) electrons. The summed E-state index contributed by atoms with van der Waals surface area (Å²) in [4.78, 5) is 49.5. The lowest BCUT2D eigenvalue weighted by molar-refractivity contribution is -0.0655. The van der Waals surface area contributed by atoms with Gasteiger partial charge in [0.2, 0.25) is 5.43 Å². The summed E-state index contributed by atoms with van der Waals surface area (Å²) >= 11 is 0. The van der Waals surface area contributed by atoms with Crippen LogP contribution in [0.15, 0.2) is 28.3 Å². The zero-order valence-electron chi connectivity index (χ0n) is 21.8. The summed E-state index contributed by atoms with van der Waals surface area (Å²) < 4.78 is 42.9. The molecule has 40 heavy (non-hydrogen) atoms. The number of amides is 2. The van der Waals surface area contributed by atoms with Crippen molar-refractivity contribution >= 4 is 17.6 Å². The van der Waals surface area contributed by atoms with E-state index in [1.807, 2.05) is 6.92 Å². The number of nitrogens with one attached hydrogen (secondary N) is 1. The zero-order chi connectivity index (χ0) is 28.3. The van der Waals surface area contributed by atoms with Crippen molar-refractivity contribution in [3.63, 3.8) is 0 Å². The number of aromatic hydroxyl groups is 1. The van der Waals surface area contributed by atoms with Crippen molar-refractivity contribution < 1.29 is 32.7 Å². The predicted molar refractivity (Wildman–Crippen MR) is 135 cm³/mol. The van der Waals surface area contributed by atoms with Crippen LogP contribution in [0.3, 0.4) is 0 Å². The van der Waals surface area contributed by atoms with Gasteiger partial charge >= 0.3 is 0 Å². The van der Waals surface area contributed by atoms with E-state index in [4.69, 9.17) is 4.84 Å². The topological polar surface area (TPSA) is 116 Å². The molecule has 5 heterocycles. The quantitative estimate of drug-likeness (QED) is 0.598. The Bertz CT molecular complexity index is 1480. The van der Waals surface area contributed by atoms with E-state index in [0.717, 1.165) is 31.8 Å². The van der Waals surface area contributed by atoms with E-state index in [1.165, 1.54) is 10.8 Å². The molecule has 2 amide bonds. The van der Waals surface area contributed by atoms with Gasteiger partial charge in [-0.1, -0.05) is 5.16 Å². The molecule has 13 heteroatoms. The maximum absolute atomic E-state index is 14.1. The number of benzene rings is 1. The van der Waals surface area contributed by atoms with Gasteiger partial charge in [0.15, 0.2) is 17.0 Å². The standard InChI is InChI=1S/C27H28F3N5O5/c1-14-4-5-27(10-21(32-40-27)33-6-2-3-7-33)20-13-34(14)26(39)22-24(37)23(36)17(12-35(20)22)25(38)31-11-16-18(29)8-15(28)9-19(16)30/h8-9,12,14,20,37H,2-7,10-11,13H2,1H3,(H,31,38)/t14-,20+,27-/m0/s1. The SMILES string of the molecule is C[C@H]1CC[C@]2(CC(N3CCCC3)=NO2)[C@H]2CN1C(=O)c1c(O)c(=O)c(C(=O)NCc3c(F)cc(F)cc3F)cn12. The maximum atomic E-state index is 14.1. The molecule has 3 atom stereocenters. The number of rotatable bonds is 3. The first-order valence-electron chi connectivity index (χ1n) is 13.3. The van der Waals surface area contributed by atoms with Crippen LogP contribution in [-0.2, 0) is 11.4 Å². The summed E-state index contributed by atoms with van der Waals surface area (Å²) in [5, 5.41) is 17.6. The molecular formula is C27H28F3N5O5. The van der Waals surface area contributed by atoms with Crippen molar-refractivity contribution in [3.8, 4) is 5.75 Å². The molecule has 0 aliphatic carbocycles. The number of amidine groups is 1. The number of nitrogens with zero attached hydrogens (tertiary/aromatic N) is 4. The number of likely N-dealkylation sites (tertiary alicyclic amines) is 1. The summed E-state index contributed by atoms with van der Waals surface area (Å²) in [5.41, 5.74) is -3.34. The monoisotopic (exact) mass is 559 g/mol. The molecule has 10 nitrogen and oxygen atoms in total. The number of pyridine rings is 1. The molecule has 2 fully saturated rings. The molecular weight excluding hydrogens is 531 g/mol. The molecule has 1 spiro atoms. The minimum atomic E-state index is -1.20. The summed E-state index contributed by atoms with van der Waals surface area (Å²) in [6.07, 6.45) is 4.91. The van der Waals surface area contributed by atoms with Crippen LogP contribution in [0.1, 0.15) is 71.5 Å². The van der Waals surface area contributed by atoms with E-state index in [2.05, 4.69) is 15.4 Å². The third kappa shape index (κ3) is 4.09. The van der Waals surface area contributed by atoms with E-state index >= 15 is 0 Å². The average Bonchev–Trinajstić information content (AvgIpc) is 3.57. The molecule has 2 bridgehead atoms. The number of fused-ring (bicyclic) bond motifs is 5. The molecule has 212 valence electrons. The van der Waals surface area contributed by atoms with Crippen LogP contribution in [0.4, 0.5) is 13.2 Å². The van der Waals surface area contributed by atoms with Crippen molar-refractivity contribution in [2.75, 3.05) is 19.6 Å². The predicted octanol–water partition coefficient (Wildman–Crippen LogP) is 2.65. The fraction of sp³-hybridized carbons (Fsp3) is 0.481. The fourth-order valence-corrected chi connectivity index (χ4v) is 6.25. The second kappa shape index (κ2) is 9.56. The second-order valence-electron chi connectivity index (χ2n) is 10.9. The van der Waals surface area contributed by atoms with Crippen LogP contribution in [-0.4, -0.2) is 68.4 Å². The Hall–Kier alpha value is -4.03. The van der Waals surface area contributed by atoms with Gasteiger partial charge in [0.1, 0.15) is 28.9 Å². The third-order valence-corrected chi connectivity index (χ3v) is 8.54. The minimum Gasteiger partial charge on any atom is -0.503 e. The highest BCUT2D eigenvalue weighted by Gasteiger charge is 2.55. The van der Waals surface area contributed by atoms with Gasteiger partial charge in [-0.3, -0.25) is 14.4 Å². The van der Waals surface area contributed by atoms with Crippen molar-refractivity contribution in [2.24, 2.45) is 5.16 Å². The van der Waals surface area contributed by atoms with Gasteiger partial charge in [-0.2, -0.15) is 0 Å². The Morgan fingerprint density at radius 1 is 1.20 bits per heavy atom. The summed E-state index contributed by atoms with van der Waals surface area (Å²) in [7, 11) is 0. The van der Waals surface area contributed by atoms with Gasteiger partial charge < -0.3 is 29.6 Å². The van der Waals surface area contributed by atoms with Gasteiger partial charge in [-0.15, -0.1) is 0 Å². The molecule has 6 rings (SSSR count). The highest BCUT2D eigenvalue weighted by Crippen LogP contribution is 2.46. The molecule has 2 saturated heterocycles. The first kappa shape index (κ1) is 26.2. The first-order valence-corrected chi connectivity index (χ1v) is 13.3. The molecule has 2 N–H and O–H groups in total. The van der Waals surface area contributed by atoms with Crippen LogP contribution >= 0.6 is 0 Å². The van der Waals surface area contributed by atoms with Gasteiger partial charge in [0.25, 0.3) is 11.8 Å². The Morgan fingerprint density at radius 2 is 1.90 bits per heavy atom. The van der Waals surface area contributed by atoms with Crippen LogP contribution in [0.5, 0.6) is 5.75 Å². The highest BCUT2D eigenvalue weighted by atomic mass is 19.1. The number of oxime groups is 1. The summed E-state index contributed by atoms with van der Waals surface area (Å²) in [5.74, 6) is -5.16. The third-order valence-electron chi connectivity index (χ3n) is 8.54. The molecule has 4 aliphatic rings. The average molecular weight is 560 g/mol. The molecule has 4 aliphatic heterocycles. The van der Waals surface area contributed by atoms with Gasteiger partial charge in [0, 0.05) is 56.1 Å². The first-order chi connectivity index (χ1) is 19.1. The lowest BCUT2D eigenvalue weighted by atomic mass is 9.85. The van der Waals surface area contributed by atoms with Crippen molar-refractivity contribution in [3.05, 3.63) is 62.8 Å². The lowest BCUT2D eigenvalue weighted by Gasteiger charge is -2.41. The van der Waals surface area contributed by atoms with Gasteiger partial charge in [0.05, 0.1) is 12.5 Å². The van der Waals surface area contributed by atoms with Crippen LogP contribution in [0.25, 0.3) is 0 Å². The molecule has 0 unspecified atom stereocenters. The molecule has 0 saturated carbocycles. The number of carbonyl (C=O) groups excluding carboxylic acids is 2. The van der Waals surface area contributed by atoms with E-state index in [-0.39, 0.29) is 18.3 Å². The fourth-order valence-electron chi connectivity index (χ4n) is 6.25. The Kier molecular flexibility index (Phi) is 6.26. The minimum absolute atomic E-state index is 0.194. The molecule has 2 aromatic rings. The van der Waals surface area contributed by atoms with Crippen molar-refractivity contribution in [1.82, 2.24) is 19.7 Å². The highest BCUT2D eigenvalue weighted by molar-refractivity contribution is 5.99.